The van der Waals surface area contributed by atoms with Crippen LogP contribution in [0.4, 0.5) is 4.39 Å². The Kier molecular flexibility index (Phi) is 4.60. The SMILES string of the molecule is COc1cc(C2(C)CCCc3[nH]c(=S)n(-c4ccc(F)cc4)c32)ccc1Cl. The number of aryl methyl sites for hydroxylation is 1. The summed E-state index contributed by atoms with van der Waals surface area (Å²) in [5.74, 6) is 0.393. The quantitative estimate of drug-likeness (QED) is 0.546. The lowest BCUT2D eigenvalue weighted by molar-refractivity contribution is 0.408. The highest BCUT2D eigenvalue weighted by molar-refractivity contribution is 7.71. The van der Waals surface area contributed by atoms with E-state index in [-0.39, 0.29) is 11.2 Å². The maximum atomic E-state index is 13.4. The van der Waals surface area contributed by atoms with Gasteiger partial charge in [0.25, 0.3) is 0 Å². The van der Waals surface area contributed by atoms with E-state index in [1.54, 1.807) is 19.2 Å². The van der Waals surface area contributed by atoms with Crippen LogP contribution in [0.1, 0.15) is 36.7 Å². The first-order chi connectivity index (χ1) is 12.9. The topological polar surface area (TPSA) is 29.9 Å². The molecule has 140 valence electrons. The lowest BCUT2D eigenvalue weighted by Gasteiger charge is -2.36. The minimum absolute atomic E-state index is 0.264. The number of hydrogen-bond acceptors (Lipinski definition) is 2. The second-order valence-electron chi connectivity index (χ2n) is 7.10. The molecule has 0 saturated heterocycles. The molecule has 0 spiro atoms. The van der Waals surface area contributed by atoms with E-state index in [9.17, 15) is 4.39 Å². The van der Waals surface area contributed by atoms with Crippen LogP contribution < -0.4 is 4.74 Å². The van der Waals surface area contributed by atoms with Gasteiger partial charge in [-0.25, -0.2) is 4.39 Å². The molecule has 0 fully saturated rings. The summed E-state index contributed by atoms with van der Waals surface area (Å²) in [6, 6.07) is 12.4. The van der Waals surface area contributed by atoms with E-state index in [4.69, 9.17) is 28.6 Å². The normalized spacial score (nSPS) is 19.0. The van der Waals surface area contributed by atoms with Crippen LogP contribution in [0.5, 0.6) is 5.75 Å². The van der Waals surface area contributed by atoms with Crippen molar-refractivity contribution in [3.8, 4) is 11.4 Å². The van der Waals surface area contributed by atoms with Crippen molar-refractivity contribution >= 4 is 23.8 Å². The molecule has 1 unspecified atom stereocenters. The van der Waals surface area contributed by atoms with Crippen molar-refractivity contribution in [1.82, 2.24) is 9.55 Å². The van der Waals surface area contributed by atoms with E-state index in [1.165, 1.54) is 12.1 Å². The fraction of sp³-hybridized carbons (Fsp3) is 0.286. The summed E-state index contributed by atoms with van der Waals surface area (Å²) in [5, 5.41) is 0.588. The first kappa shape index (κ1) is 18.3. The standard InChI is InChI=1S/C21H20ClFN2OS/c1-21(13-5-10-16(22)18(12-13)26-2)11-3-4-17-19(21)25(20(27)24-17)15-8-6-14(23)7-9-15/h5-10,12H,3-4,11H2,1-2H3,(H,24,27). The molecule has 0 amide bonds. The molecule has 1 aromatic heterocycles. The molecule has 0 bridgehead atoms. The van der Waals surface area contributed by atoms with Gasteiger partial charge in [-0.1, -0.05) is 17.7 Å². The molecule has 0 saturated carbocycles. The van der Waals surface area contributed by atoms with Crippen LogP contribution in [-0.4, -0.2) is 16.7 Å². The fourth-order valence-corrected chi connectivity index (χ4v) is 4.61. The lowest BCUT2D eigenvalue weighted by Crippen LogP contribution is -2.31. The number of hydrogen-bond donors (Lipinski definition) is 1. The molecule has 3 aromatic rings. The number of rotatable bonds is 3. The number of benzene rings is 2. The molecular formula is C21H20ClFN2OS. The summed E-state index contributed by atoms with van der Waals surface area (Å²) in [4.78, 5) is 3.37. The van der Waals surface area contributed by atoms with E-state index < -0.39 is 0 Å². The van der Waals surface area contributed by atoms with Gasteiger partial charge in [-0.15, -0.1) is 0 Å². The number of aromatic amines is 1. The van der Waals surface area contributed by atoms with E-state index in [0.717, 1.165) is 41.9 Å². The maximum absolute atomic E-state index is 13.4. The van der Waals surface area contributed by atoms with Gasteiger partial charge in [0, 0.05) is 16.8 Å². The van der Waals surface area contributed by atoms with Crippen molar-refractivity contribution in [2.24, 2.45) is 0 Å². The third-order valence-electron chi connectivity index (χ3n) is 5.47. The highest BCUT2D eigenvalue weighted by atomic mass is 35.5. The fourth-order valence-electron chi connectivity index (χ4n) is 4.10. The van der Waals surface area contributed by atoms with Gasteiger partial charge in [-0.2, -0.15) is 0 Å². The Labute approximate surface area is 167 Å². The van der Waals surface area contributed by atoms with Gasteiger partial charge in [0.2, 0.25) is 0 Å². The van der Waals surface area contributed by atoms with Crippen LogP contribution in [0.3, 0.4) is 0 Å². The van der Waals surface area contributed by atoms with Gasteiger partial charge in [0.15, 0.2) is 4.77 Å². The number of methoxy groups -OCH3 is 1. The average molecular weight is 403 g/mol. The van der Waals surface area contributed by atoms with Gasteiger partial charge < -0.3 is 9.72 Å². The molecule has 4 rings (SSSR count). The van der Waals surface area contributed by atoms with Crippen LogP contribution >= 0.6 is 23.8 Å². The van der Waals surface area contributed by atoms with Crippen LogP contribution in [0.2, 0.25) is 5.02 Å². The maximum Gasteiger partial charge on any atom is 0.182 e. The summed E-state index contributed by atoms with van der Waals surface area (Å²) in [6.45, 7) is 2.22. The minimum atomic E-state index is -0.270. The van der Waals surface area contributed by atoms with Crippen LogP contribution in [0.25, 0.3) is 5.69 Å². The largest absolute Gasteiger partial charge is 0.495 e. The van der Waals surface area contributed by atoms with Crippen molar-refractivity contribution in [3.05, 3.63) is 75.0 Å². The van der Waals surface area contributed by atoms with Crippen LogP contribution in [-0.2, 0) is 11.8 Å². The number of aromatic nitrogens is 2. The van der Waals surface area contributed by atoms with Crippen LogP contribution in [0, 0.1) is 10.6 Å². The molecule has 1 aliphatic carbocycles. The summed E-state index contributed by atoms with van der Waals surface area (Å²) >= 11 is 11.9. The van der Waals surface area contributed by atoms with E-state index in [2.05, 4.69) is 11.9 Å². The Morgan fingerprint density at radius 2 is 1.96 bits per heavy atom. The minimum Gasteiger partial charge on any atom is -0.495 e. The number of imidazole rings is 1. The molecule has 1 aliphatic rings. The zero-order valence-electron chi connectivity index (χ0n) is 15.2. The van der Waals surface area contributed by atoms with Crippen molar-refractivity contribution in [2.45, 2.75) is 31.6 Å². The highest BCUT2D eigenvalue weighted by Crippen LogP contribution is 2.44. The Bertz CT molecular complexity index is 1060. The number of halogens is 2. The number of H-pyrrole nitrogens is 1. The molecule has 0 aliphatic heterocycles. The third kappa shape index (κ3) is 2.99. The smallest absolute Gasteiger partial charge is 0.182 e. The summed E-state index contributed by atoms with van der Waals surface area (Å²) in [5.41, 5.74) is 3.96. The molecule has 1 atom stereocenters. The number of fused-ring (bicyclic) bond motifs is 1. The van der Waals surface area contributed by atoms with Gasteiger partial charge in [0.1, 0.15) is 11.6 Å². The second kappa shape index (κ2) is 6.80. The molecule has 3 nitrogen and oxygen atoms in total. The van der Waals surface area contributed by atoms with Crippen molar-refractivity contribution in [1.29, 1.82) is 0 Å². The highest BCUT2D eigenvalue weighted by Gasteiger charge is 2.38. The molecule has 0 radical (unpaired) electrons. The van der Waals surface area contributed by atoms with E-state index in [0.29, 0.717) is 15.5 Å². The third-order valence-corrected chi connectivity index (χ3v) is 6.07. The first-order valence-corrected chi connectivity index (χ1v) is 9.67. The number of ether oxygens (including phenoxy) is 1. The van der Waals surface area contributed by atoms with Gasteiger partial charge in [-0.05, 0) is 80.4 Å². The van der Waals surface area contributed by atoms with Crippen LogP contribution in [0.15, 0.2) is 42.5 Å². The van der Waals surface area contributed by atoms with E-state index >= 15 is 0 Å². The summed E-state index contributed by atoms with van der Waals surface area (Å²) in [7, 11) is 1.62. The molecule has 2 aromatic carbocycles. The Hall–Kier alpha value is -2.11. The summed E-state index contributed by atoms with van der Waals surface area (Å²) < 4.78 is 21.5. The summed E-state index contributed by atoms with van der Waals surface area (Å²) in [6.07, 6.45) is 2.96. The lowest BCUT2D eigenvalue weighted by atomic mass is 9.71. The van der Waals surface area contributed by atoms with Gasteiger partial charge in [-0.3, -0.25) is 4.57 Å². The predicted octanol–water partition coefficient (Wildman–Crippen LogP) is 5.98. The van der Waals surface area contributed by atoms with Gasteiger partial charge >= 0.3 is 0 Å². The monoisotopic (exact) mass is 402 g/mol. The number of nitrogens with zero attached hydrogens (tertiary/aromatic N) is 1. The Morgan fingerprint density at radius 1 is 1.22 bits per heavy atom. The van der Waals surface area contributed by atoms with Crippen molar-refractivity contribution in [2.75, 3.05) is 7.11 Å². The first-order valence-electron chi connectivity index (χ1n) is 8.88. The number of nitrogens with one attached hydrogen (secondary N) is 1. The Balaban J connectivity index is 1.95. The second-order valence-corrected chi connectivity index (χ2v) is 7.90. The molecule has 1 N–H and O–H groups in total. The van der Waals surface area contributed by atoms with Crippen molar-refractivity contribution < 1.29 is 9.13 Å². The molecular weight excluding hydrogens is 383 g/mol. The van der Waals surface area contributed by atoms with Gasteiger partial charge in [0.05, 0.1) is 17.8 Å². The van der Waals surface area contributed by atoms with E-state index in [1.807, 2.05) is 22.8 Å². The van der Waals surface area contributed by atoms with Crippen molar-refractivity contribution in [3.63, 3.8) is 0 Å². The predicted molar refractivity (Wildman–Crippen MR) is 108 cm³/mol. The Morgan fingerprint density at radius 3 is 2.67 bits per heavy atom. The zero-order chi connectivity index (χ0) is 19.2. The molecule has 1 heterocycles. The molecule has 6 heteroatoms. The zero-order valence-corrected chi connectivity index (χ0v) is 16.8. The average Bonchev–Trinajstić information content (AvgIpc) is 3.00. The molecule has 27 heavy (non-hydrogen) atoms.